The Kier molecular flexibility index (Phi) is 2.24. The Balaban J connectivity index is 1.93. The Morgan fingerprint density at radius 1 is 1.05 bits per heavy atom. The van der Waals surface area contributed by atoms with Crippen LogP contribution in [0.5, 0.6) is 5.75 Å². The lowest BCUT2D eigenvalue weighted by Gasteiger charge is -2.16. The van der Waals surface area contributed by atoms with Crippen LogP contribution in [0.1, 0.15) is 45.3 Å². The minimum Gasteiger partial charge on any atom is -0.507 e. The van der Waals surface area contributed by atoms with Crippen LogP contribution in [0.4, 0.5) is 5.69 Å². The summed E-state index contributed by atoms with van der Waals surface area (Å²) in [6, 6.07) is 9.07. The summed E-state index contributed by atoms with van der Waals surface area (Å²) < 4.78 is 0. The van der Waals surface area contributed by atoms with Crippen LogP contribution in [-0.4, -0.2) is 5.11 Å². The summed E-state index contributed by atoms with van der Waals surface area (Å²) in [5.41, 5.74) is 8.68. The lowest BCUT2D eigenvalue weighted by atomic mass is 9.88. The van der Waals surface area contributed by atoms with Crippen LogP contribution in [-0.2, 0) is 6.42 Å². The Morgan fingerprint density at radius 2 is 1.80 bits per heavy atom. The van der Waals surface area contributed by atoms with Gasteiger partial charge in [-0.2, -0.15) is 0 Å². The molecule has 0 fully saturated rings. The molecule has 2 aromatic rings. The second kappa shape index (κ2) is 3.78. The van der Waals surface area contributed by atoms with Crippen molar-refractivity contribution >= 4 is 5.69 Å². The summed E-state index contributed by atoms with van der Waals surface area (Å²) in [5, 5.41) is 14.1. The fourth-order valence-electron chi connectivity index (χ4n) is 4.01. The Bertz CT molecular complexity index is 733. The summed E-state index contributed by atoms with van der Waals surface area (Å²) >= 11 is 0. The molecule has 0 saturated heterocycles. The van der Waals surface area contributed by atoms with E-state index in [1.165, 1.54) is 27.9 Å². The Labute approximate surface area is 119 Å². The third-order valence-electron chi connectivity index (χ3n) is 5.22. The molecule has 2 aromatic carbocycles. The van der Waals surface area contributed by atoms with Crippen molar-refractivity contribution in [3.8, 4) is 5.75 Å². The van der Waals surface area contributed by atoms with Crippen LogP contribution < -0.4 is 5.32 Å². The van der Waals surface area contributed by atoms with Gasteiger partial charge in [0.1, 0.15) is 5.75 Å². The van der Waals surface area contributed by atoms with E-state index in [0.717, 1.165) is 17.5 Å². The maximum Gasteiger partial charge on any atom is 0.122 e. The summed E-state index contributed by atoms with van der Waals surface area (Å²) in [5.74, 6) is 0.937. The number of hydrogen-bond acceptors (Lipinski definition) is 2. The summed E-state index contributed by atoms with van der Waals surface area (Å²) in [6.45, 7) is 6.16. The molecule has 20 heavy (non-hydrogen) atoms. The summed E-state index contributed by atoms with van der Waals surface area (Å²) in [4.78, 5) is 0. The standard InChI is InChI=1S/C18H19NO/c1-9-10(2)18(20)11(3)15-14-8-12-6-4-5-7-13(12)17(14)19-16(9)15/h4-7,14,17,19-20H,8H2,1-3H3. The van der Waals surface area contributed by atoms with Gasteiger partial charge in [0.25, 0.3) is 0 Å². The number of anilines is 1. The highest BCUT2D eigenvalue weighted by Crippen LogP contribution is 2.55. The first-order valence-electron chi connectivity index (χ1n) is 7.26. The van der Waals surface area contributed by atoms with E-state index in [-0.39, 0.29) is 0 Å². The number of rotatable bonds is 0. The van der Waals surface area contributed by atoms with Crippen molar-refractivity contribution in [3.63, 3.8) is 0 Å². The van der Waals surface area contributed by atoms with Gasteiger partial charge in [-0.1, -0.05) is 24.3 Å². The molecule has 0 aromatic heterocycles. The normalized spacial score (nSPS) is 22.1. The van der Waals surface area contributed by atoms with Gasteiger partial charge in [-0.3, -0.25) is 0 Å². The molecule has 2 atom stereocenters. The topological polar surface area (TPSA) is 32.3 Å². The number of nitrogens with one attached hydrogen (secondary N) is 1. The first-order chi connectivity index (χ1) is 9.59. The van der Waals surface area contributed by atoms with E-state index in [1.807, 2.05) is 13.8 Å². The van der Waals surface area contributed by atoms with Crippen molar-refractivity contribution in [2.24, 2.45) is 0 Å². The minimum absolute atomic E-state index is 0.375. The van der Waals surface area contributed by atoms with E-state index in [9.17, 15) is 5.11 Å². The van der Waals surface area contributed by atoms with Gasteiger partial charge in [0.2, 0.25) is 0 Å². The molecule has 0 radical (unpaired) electrons. The molecule has 2 aliphatic rings. The maximum atomic E-state index is 10.4. The van der Waals surface area contributed by atoms with Crippen LogP contribution in [0.2, 0.25) is 0 Å². The monoisotopic (exact) mass is 265 g/mol. The molecule has 0 bridgehead atoms. The molecule has 2 heteroatoms. The largest absolute Gasteiger partial charge is 0.507 e. The van der Waals surface area contributed by atoms with Gasteiger partial charge >= 0.3 is 0 Å². The highest BCUT2D eigenvalue weighted by molar-refractivity contribution is 5.74. The van der Waals surface area contributed by atoms with Gasteiger partial charge in [0.15, 0.2) is 0 Å². The fourth-order valence-corrected chi connectivity index (χ4v) is 4.01. The first-order valence-corrected chi connectivity index (χ1v) is 7.26. The predicted octanol–water partition coefficient (Wildman–Crippen LogP) is 4.12. The average molecular weight is 265 g/mol. The lowest BCUT2D eigenvalue weighted by Crippen LogP contribution is -2.05. The second-order valence-electron chi connectivity index (χ2n) is 6.14. The van der Waals surface area contributed by atoms with Crippen molar-refractivity contribution in [3.05, 3.63) is 57.6 Å². The molecule has 1 heterocycles. The maximum absolute atomic E-state index is 10.4. The molecular weight excluding hydrogens is 246 g/mol. The van der Waals surface area contributed by atoms with Crippen LogP contribution in [0, 0.1) is 20.8 Å². The number of benzene rings is 2. The molecule has 0 spiro atoms. The highest BCUT2D eigenvalue weighted by atomic mass is 16.3. The molecule has 1 aliphatic carbocycles. The zero-order chi connectivity index (χ0) is 14.0. The second-order valence-corrected chi connectivity index (χ2v) is 6.14. The predicted molar refractivity (Wildman–Crippen MR) is 81.6 cm³/mol. The molecule has 0 amide bonds. The van der Waals surface area contributed by atoms with Crippen molar-refractivity contribution < 1.29 is 5.11 Å². The van der Waals surface area contributed by atoms with Gasteiger partial charge in [-0.05, 0) is 60.6 Å². The van der Waals surface area contributed by atoms with E-state index in [0.29, 0.717) is 17.7 Å². The molecule has 0 saturated carbocycles. The fraction of sp³-hybridized carbons (Fsp3) is 0.333. The number of aromatic hydroxyl groups is 1. The van der Waals surface area contributed by atoms with E-state index in [4.69, 9.17) is 0 Å². The smallest absolute Gasteiger partial charge is 0.122 e. The van der Waals surface area contributed by atoms with Gasteiger partial charge in [-0.15, -0.1) is 0 Å². The molecular formula is C18H19NO. The van der Waals surface area contributed by atoms with E-state index < -0.39 is 0 Å². The van der Waals surface area contributed by atoms with Crippen molar-refractivity contribution in [1.29, 1.82) is 0 Å². The third-order valence-corrected chi connectivity index (χ3v) is 5.22. The van der Waals surface area contributed by atoms with E-state index in [2.05, 4.69) is 36.5 Å². The lowest BCUT2D eigenvalue weighted by molar-refractivity contribution is 0.464. The molecule has 2 unspecified atom stereocenters. The average Bonchev–Trinajstić information content (AvgIpc) is 2.98. The quantitative estimate of drug-likeness (QED) is 0.702. The molecule has 2 N–H and O–H groups in total. The molecule has 4 rings (SSSR count). The molecule has 2 nitrogen and oxygen atoms in total. The van der Waals surface area contributed by atoms with E-state index in [1.54, 1.807) is 0 Å². The Morgan fingerprint density at radius 3 is 2.60 bits per heavy atom. The van der Waals surface area contributed by atoms with Gasteiger partial charge in [0.05, 0.1) is 6.04 Å². The highest BCUT2D eigenvalue weighted by Gasteiger charge is 2.41. The third kappa shape index (κ3) is 1.29. The zero-order valence-electron chi connectivity index (χ0n) is 12.1. The number of phenolic OH excluding ortho intramolecular Hbond substituents is 1. The number of fused-ring (bicyclic) bond motifs is 5. The number of phenols is 1. The van der Waals surface area contributed by atoms with Gasteiger partial charge in [-0.25, -0.2) is 0 Å². The number of hydrogen-bond donors (Lipinski definition) is 2. The first kappa shape index (κ1) is 11.8. The minimum atomic E-state index is 0.375. The van der Waals surface area contributed by atoms with Crippen LogP contribution in [0.3, 0.4) is 0 Å². The van der Waals surface area contributed by atoms with Crippen molar-refractivity contribution in [2.75, 3.05) is 5.32 Å². The van der Waals surface area contributed by atoms with Crippen molar-refractivity contribution in [1.82, 2.24) is 0 Å². The van der Waals surface area contributed by atoms with Gasteiger partial charge in [0, 0.05) is 11.6 Å². The van der Waals surface area contributed by atoms with Gasteiger partial charge < -0.3 is 10.4 Å². The van der Waals surface area contributed by atoms with Crippen LogP contribution in [0.25, 0.3) is 0 Å². The van der Waals surface area contributed by atoms with Crippen LogP contribution in [0.15, 0.2) is 24.3 Å². The summed E-state index contributed by atoms with van der Waals surface area (Å²) in [6.07, 6.45) is 1.07. The van der Waals surface area contributed by atoms with E-state index >= 15 is 0 Å². The summed E-state index contributed by atoms with van der Waals surface area (Å²) in [7, 11) is 0. The van der Waals surface area contributed by atoms with Crippen LogP contribution >= 0.6 is 0 Å². The zero-order valence-corrected chi connectivity index (χ0v) is 12.1. The molecule has 102 valence electrons. The van der Waals surface area contributed by atoms with Crippen molar-refractivity contribution in [2.45, 2.75) is 39.2 Å². The SMILES string of the molecule is Cc1c(C)c2c(c(C)c1O)C1Cc3ccccc3C1N2. The Hall–Kier alpha value is -1.96. The molecule has 1 aliphatic heterocycles.